The van der Waals surface area contributed by atoms with Gasteiger partial charge in [0.15, 0.2) is 0 Å². The Morgan fingerprint density at radius 1 is 1.25 bits per heavy atom. The lowest BCUT2D eigenvalue weighted by molar-refractivity contribution is 0.500. The summed E-state index contributed by atoms with van der Waals surface area (Å²) in [5.74, 6) is 1.47. The van der Waals surface area contributed by atoms with Gasteiger partial charge in [-0.25, -0.2) is 14.4 Å². The number of aromatic nitrogens is 2. The Labute approximate surface area is 164 Å². The van der Waals surface area contributed by atoms with Crippen molar-refractivity contribution in [1.29, 1.82) is 5.41 Å². The number of hydrogen-bond acceptors (Lipinski definition) is 4. The number of fused-ring (bicyclic) bond motifs is 1. The van der Waals surface area contributed by atoms with Crippen LogP contribution in [0.3, 0.4) is 0 Å². The molecule has 1 aromatic carbocycles. The molecule has 0 amide bonds. The van der Waals surface area contributed by atoms with Gasteiger partial charge < -0.3 is 10.2 Å². The van der Waals surface area contributed by atoms with Gasteiger partial charge in [-0.05, 0) is 62.0 Å². The molecule has 0 radical (unpaired) electrons. The molecule has 0 fully saturated rings. The molecule has 6 heteroatoms. The Hall–Kier alpha value is -3.02. The number of allylic oxidation sites excluding steroid dienone is 2. The lowest BCUT2D eigenvalue weighted by atomic mass is 9.95. The van der Waals surface area contributed by atoms with E-state index in [0.29, 0.717) is 13.1 Å². The van der Waals surface area contributed by atoms with E-state index >= 15 is 0 Å². The number of nitrogens with zero attached hydrogens (tertiary/aromatic N) is 3. The van der Waals surface area contributed by atoms with Crippen molar-refractivity contribution < 1.29 is 4.39 Å². The molecule has 2 aliphatic heterocycles. The summed E-state index contributed by atoms with van der Waals surface area (Å²) in [6, 6.07) is 5.30. The van der Waals surface area contributed by atoms with E-state index in [1.807, 2.05) is 31.0 Å². The minimum Gasteiger partial charge on any atom is -0.367 e. The second kappa shape index (κ2) is 7.54. The Morgan fingerprint density at radius 2 is 2.11 bits per heavy atom. The Balaban J connectivity index is 1.73. The van der Waals surface area contributed by atoms with Gasteiger partial charge in [-0.1, -0.05) is 12.1 Å². The van der Waals surface area contributed by atoms with Crippen LogP contribution in [-0.4, -0.2) is 27.8 Å². The first kappa shape index (κ1) is 18.3. The summed E-state index contributed by atoms with van der Waals surface area (Å²) in [4.78, 5) is 10.7. The average molecular weight is 377 g/mol. The van der Waals surface area contributed by atoms with Gasteiger partial charge in [0.25, 0.3) is 0 Å². The molecule has 3 heterocycles. The van der Waals surface area contributed by atoms with Gasteiger partial charge in [0.05, 0.1) is 12.9 Å². The van der Waals surface area contributed by atoms with Crippen molar-refractivity contribution in [2.24, 2.45) is 0 Å². The van der Waals surface area contributed by atoms with Gasteiger partial charge in [0.1, 0.15) is 17.5 Å². The SMILES string of the molecule is Cc1ncc(C2=CC3=C(NCc4c(F)cccc4CCC3)N(C=N)C2)c(C)n1. The molecule has 2 N–H and O–H groups in total. The van der Waals surface area contributed by atoms with Crippen molar-refractivity contribution in [3.05, 3.63) is 75.9 Å². The van der Waals surface area contributed by atoms with Crippen LogP contribution < -0.4 is 5.32 Å². The van der Waals surface area contributed by atoms with Crippen molar-refractivity contribution >= 4 is 11.9 Å². The molecule has 0 bridgehead atoms. The fourth-order valence-electron chi connectivity index (χ4n) is 4.03. The van der Waals surface area contributed by atoms with E-state index < -0.39 is 0 Å². The molecule has 2 aromatic rings. The van der Waals surface area contributed by atoms with E-state index in [1.165, 1.54) is 12.4 Å². The predicted octanol–water partition coefficient (Wildman–Crippen LogP) is 3.88. The quantitative estimate of drug-likeness (QED) is 0.616. The van der Waals surface area contributed by atoms with E-state index in [9.17, 15) is 4.39 Å². The van der Waals surface area contributed by atoms with E-state index in [0.717, 1.165) is 64.4 Å². The Kier molecular flexibility index (Phi) is 4.94. The summed E-state index contributed by atoms with van der Waals surface area (Å²) in [5.41, 5.74) is 5.97. The van der Waals surface area contributed by atoms with Crippen molar-refractivity contribution in [2.75, 3.05) is 6.54 Å². The molecular weight excluding hydrogens is 353 g/mol. The van der Waals surface area contributed by atoms with Gasteiger partial charge in [0.2, 0.25) is 0 Å². The largest absolute Gasteiger partial charge is 0.367 e. The van der Waals surface area contributed by atoms with E-state index in [1.54, 1.807) is 6.07 Å². The second-order valence-electron chi connectivity index (χ2n) is 7.30. The molecular formula is C22H24FN5. The van der Waals surface area contributed by atoms with Gasteiger partial charge in [-0.15, -0.1) is 0 Å². The first-order valence-electron chi connectivity index (χ1n) is 9.58. The third-order valence-electron chi connectivity index (χ3n) is 5.42. The Bertz CT molecular complexity index is 992. The van der Waals surface area contributed by atoms with Crippen LogP contribution in [-0.2, 0) is 13.0 Å². The van der Waals surface area contributed by atoms with E-state index in [2.05, 4.69) is 21.4 Å². The van der Waals surface area contributed by atoms with E-state index in [-0.39, 0.29) is 5.82 Å². The van der Waals surface area contributed by atoms with Crippen LogP contribution in [0.2, 0.25) is 0 Å². The predicted molar refractivity (Wildman–Crippen MR) is 108 cm³/mol. The maximum atomic E-state index is 14.3. The Morgan fingerprint density at radius 3 is 2.89 bits per heavy atom. The van der Waals surface area contributed by atoms with Gasteiger partial charge >= 0.3 is 0 Å². The highest BCUT2D eigenvalue weighted by Gasteiger charge is 2.23. The van der Waals surface area contributed by atoms with Gasteiger partial charge in [-0.3, -0.25) is 5.41 Å². The van der Waals surface area contributed by atoms with Crippen LogP contribution in [0, 0.1) is 25.1 Å². The highest BCUT2D eigenvalue weighted by atomic mass is 19.1. The van der Waals surface area contributed by atoms with Crippen LogP contribution in [0.4, 0.5) is 4.39 Å². The molecule has 1 aromatic heterocycles. The zero-order valence-electron chi connectivity index (χ0n) is 16.2. The minimum atomic E-state index is -0.171. The molecule has 0 unspecified atom stereocenters. The minimum absolute atomic E-state index is 0.171. The van der Waals surface area contributed by atoms with Crippen LogP contribution in [0.5, 0.6) is 0 Å². The maximum Gasteiger partial charge on any atom is 0.128 e. The lowest BCUT2D eigenvalue weighted by Crippen LogP contribution is -2.35. The normalized spacial score (nSPS) is 16.8. The molecule has 0 saturated carbocycles. The average Bonchev–Trinajstić information content (AvgIpc) is 2.76. The number of hydrogen-bond donors (Lipinski definition) is 2. The summed E-state index contributed by atoms with van der Waals surface area (Å²) >= 11 is 0. The third-order valence-corrected chi connectivity index (χ3v) is 5.42. The van der Waals surface area contributed by atoms with E-state index in [4.69, 9.17) is 5.41 Å². The van der Waals surface area contributed by atoms with Crippen LogP contribution in [0.25, 0.3) is 5.57 Å². The lowest BCUT2D eigenvalue weighted by Gasteiger charge is -2.31. The fraction of sp³-hybridized carbons (Fsp3) is 0.318. The summed E-state index contributed by atoms with van der Waals surface area (Å²) in [6.07, 6.45) is 8.01. The number of benzene rings is 1. The van der Waals surface area contributed by atoms with Crippen molar-refractivity contribution in [3.63, 3.8) is 0 Å². The van der Waals surface area contributed by atoms with Gasteiger partial charge in [0, 0.05) is 29.6 Å². The van der Waals surface area contributed by atoms with Crippen molar-refractivity contribution in [2.45, 2.75) is 39.7 Å². The van der Waals surface area contributed by atoms with Crippen molar-refractivity contribution in [3.8, 4) is 0 Å². The van der Waals surface area contributed by atoms with Gasteiger partial charge in [-0.2, -0.15) is 0 Å². The number of aryl methyl sites for hydroxylation is 3. The number of rotatable bonds is 2. The van der Waals surface area contributed by atoms with Crippen LogP contribution in [0.15, 0.2) is 41.9 Å². The first-order valence-corrected chi connectivity index (χ1v) is 9.58. The monoisotopic (exact) mass is 377 g/mol. The number of nitrogens with one attached hydrogen (secondary N) is 2. The molecule has 144 valence electrons. The molecule has 5 nitrogen and oxygen atoms in total. The summed E-state index contributed by atoms with van der Waals surface area (Å²) < 4.78 is 14.3. The standard InChI is InChI=1S/C22H24FN5/c1-14-19(10-25-15(2)27-14)18-9-17-7-3-5-16-6-4-8-21(23)20(16)11-26-22(17)28(12-18)13-24/h4,6,8-10,13,24,26H,3,5,7,11-12H2,1-2H3. The summed E-state index contributed by atoms with van der Waals surface area (Å²) in [7, 11) is 0. The smallest absolute Gasteiger partial charge is 0.128 e. The van der Waals surface area contributed by atoms with Crippen LogP contribution >= 0.6 is 0 Å². The van der Waals surface area contributed by atoms with Crippen LogP contribution in [0.1, 0.15) is 41.1 Å². The molecule has 0 aliphatic carbocycles. The molecule has 0 atom stereocenters. The molecule has 2 aliphatic rings. The fourth-order valence-corrected chi connectivity index (χ4v) is 4.03. The second-order valence-corrected chi connectivity index (χ2v) is 7.30. The summed E-state index contributed by atoms with van der Waals surface area (Å²) in [5, 5.41) is 11.3. The highest BCUT2D eigenvalue weighted by molar-refractivity contribution is 5.75. The third kappa shape index (κ3) is 3.42. The summed E-state index contributed by atoms with van der Waals surface area (Å²) in [6.45, 7) is 4.85. The first-order chi connectivity index (χ1) is 13.6. The maximum absolute atomic E-state index is 14.3. The molecule has 4 rings (SSSR count). The molecule has 0 saturated heterocycles. The zero-order valence-corrected chi connectivity index (χ0v) is 16.2. The topological polar surface area (TPSA) is 64.9 Å². The molecule has 28 heavy (non-hydrogen) atoms. The van der Waals surface area contributed by atoms with Crippen molar-refractivity contribution in [1.82, 2.24) is 20.2 Å². The highest BCUT2D eigenvalue weighted by Crippen LogP contribution is 2.30. The number of halogens is 1. The molecule has 0 spiro atoms. The zero-order chi connectivity index (χ0) is 19.7.